The van der Waals surface area contributed by atoms with Crippen LogP contribution in [0.2, 0.25) is 0 Å². The van der Waals surface area contributed by atoms with Crippen LogP contribution in [-0.2, 0) is 16.8 Å². The second-order valence-electron chi connectivity index (χ2n) is 8.67. The smallest absolute Gasteiger partial charge is 0.335 e. The third-order valence-corrected chi connectivity index (χ3v) is 5.91. The molecule has 0 aromatic heterocycles. The summed E-state index contributed by atoms with van der Waals surface area (Å²) in [7, 11) is 0. The highest BCUT2D eigenvalue weighted by atomic mass is 32.2. The van der Waals surface area contributed by atoms with Crippen molar-refractivity contribution >= 4 is 17.3 Å². The van der Waals surface area contributed by atoms with Crippen LogP contribution in [0.15, 0.2) is 18.2 Å². The van der Waals surface area contributed by atoms with Crippen molar-refractivity contribution in [2.24, 2.45) is 5.92 Å². The van der Waals surface area contributed by atoms with Gasteiger partial charge in [-0.3, -0.25) is 0 Å². The van der Waals surface area contributed by atoms with Gasteiger partial charge in [0.05, 0.1) is 11.6 Å². The first-order valence-corrected chi connectivity index (χ1v) is 9.62. The molecule has 1 saturated carbocycles. The van der Waals surface area contributed by atoms with E-state index in [0.717, 1.165) is 24.0 Å². The van der Waals surface area contributed by atoms with E-state index in [0.29, 0.717) is 11.5 Å². The number of hydrogen-bond donors (Lipinski definition) is 2. The first kappa shape index (κ1) is 19.3. The number of benzene rings is 1. The van der Waals surface area contributed by atoms with E-state index in [1.807, 2.05) is 53.7 Å². The molecule has 2 atom stereocenters. The highest BCUT2D eigenvalue weighted by molar-refractivity contribution is 7.90. The van der Waals surface area contributed by atoms with Crippen LogP contribution in [0.1, 0.15) is 81.9 Å². The summed E-state index contributed by atoms with van der Waals surface area (Å²) in [6.07, 6.45) is 2.23. The van der Waals surface area contributed by atoms with Crippen LogP contribution in [0.5, 0.6) is 0 Å². The van der Waals surface area contributed by atoms with Crippen molar-refractivity contribution in [2.75, 3.05) is 0 Å². The lowest BCUT2D eigenvalue weighted by Gasteiger charge is -2.29. The molecule has 1 aliphatic rings. The van der Waals surface area contributed by atoms with Gasteiger partial charge in [-0.2, -0.15) is 0 Å². The molecule has 5 heteroatoms. The summed E-state index contributed by atoms with van der Waals surface area (Å²) >= 11 is -1.16. The van der Waals surface area contributed by atoms with Crippen molar-refractivity contribution in [3.05, 3.63) is 34.9 Å². The van der Waals surface area contributed by atoms with Crippen molar-refractivity contribution in [1.82, 2.24) is 4.72 Å². The van der Waals surface area contributed by atoms with Gasteiger partial charge in [0, 0.05) is 11.4 Å². The Balaban J connectivity index is 2.39. The van der Waals surface area contributed by atoms with Gasteiger partial charge in [-0.05, 0) is 62.1 Å². The summed E-state index contributed by atoms with van der Waals surface area (Å²) in [5.41, 5.74) is 1.94. The number of carboxylic acids is 1. The molecular formula is C19H29NO3S. The third-order valence-electron chi connectivity index (χ3n) is 4.32. The van der Waals surface area contributed by atoms with Crippen LogP contribution < -0.4 is 4.72 Å². The number of nitrogens with one attached hydrogen (secondary N) is 1. The van der Waals surface area contributed by atoms with Crippen LogP contribution in [0.25, 0.3) is 0 Å². The van der Waals surface area contributed by atoms with Crippen LogP contribution in [0.3, 0.4) is 0 Å². The lowest BCUT2D eigenvalue weighted by molar-refractivity contribution is 0.0694. The monoisotopic (exact) mass is 351 g/mol. The highest BCUT2D eigenvalue weighted by Gasteiger charge is 2.39. The molecule has 24 heavy (non-hydrogen) atoms. The van der Waals surface area contributed by atoms with Gasteiger partial charge in [-0.25, -0.2) is 4.79 Å². The normalized spacial score (nSPS) is 18.3. The van der Waals surface area contributed by atoms with E-state index in [1.54, 1.807) is 6.07 Å². The van der Waals surface area contributed by atoms with E-state index in [4.69, 9.17) is 0 Å². The summed E-state index contributed by atoms with van der Waals surface area (Å²) < 4.78 is 15.5. The van der Waals surface area contributed by atoms with Crippen molar-refractivity contribution in [3.63, 3.8) is 0 Å². The summed E-state index contributed by atoms with van der Waals surface area (Å²) in [6.45, 7) is 11.9. The van der Waals surface area contributed by atoms with Gasteiger partial charge in [0.2, 0.25) is 0 Å². The van der Waals surface area contributed by atoms with Gasteiger partial charge in [0.1, 0.15) is 4.75 Å². The van der Waals surface area contributed by atoms with E-state index in [9.17, 15) is 14.5 Å². The zero-order chi connectivity index (χ0) is 18.3. The van der Waals surface area contributed by atoms with Crippen LogP contribution >= 0.6 is 0 Å². The predicted molar refractivity (Wildman–Crippen MR) is 98.6 cm³/mol. The Kier molecular flexibility index (Phi) is 5.38. The average molecular weight is 352 g/mol. The summed E-state index contributed by atoms with van der Waals surface area (Å²) in [6, 6.07) is 5.55. The molecule has 0 heterocycles. The van der Waals surface area contributed by atoms with Crippen molar-refractivity contribution in [3.8, 4) is 0 Å². The minimum absolute atomic E-state index is 0.00834. The van der Waals surface area contributed by atoms with E-state index in [1.165, 1.54) is 0 Å². The predicted octanol–water partition coefficient (Wildman–Crippen LogP) is 4.19. The molecule has 0 unspecified atom stereocenters. The van der Waals surface area contributed by atoms with E-state index in [-0.39, 0.29) is 16.2 Å². The van der Waals surface area contributed by atoms with E-state index in [2.05, 4.69) is 4.72 Å². The molecule has 134 valence electrons. The molecule has 1 aromatic rings. The lowest BCUT2D eigenvalue weighted by Crippen LogP contribution is -2.42. The van der Waals surface area contributed by atoms with E-state index < -0.39 is 17.3 Å². The van der Waals surface area contributed by atoms with Gasteiger partial charge in [-0.15, -0.1) is 4.72 Å². The molecule has 0 amide bonds. The lowest BCUT2D eigenvalue weighted by atomic mass is 9.82. The van der Waals surface area contributed by atoms with Crippen LogP contribution in [-0.4, -0.2) is 20.4 Å². The Bertz CT molecular complexity index is 612. The quantitative estimate of drug-likeness (QED) is 0.780. The second kappa shape index (κ2) is 6.70. The SMILES string of the molecule is CC(C)(C)c1cc([C@@H](N[S@+]([O-])C(C)(C)C)C2CC2)ccc1C(=O)O. The Morgan fingerprint density at radius 3 is 2.25 bits per heavy atom. The number of carbonyl (C=O) groups is 1. The molecule has 0 bridgehead atoms. The Morgan fingerprint density at radius 1 is 1.25 bits per heavy atom. The Morgan fingerprint density at radius 2 is 1.83 bits per heavy atom. The minimum atomic E-state index is -1.16. The summed E-state index contributed by atoms with van der Waals surface area (Å²) in [4.78, 5) is 11.5. The maximum Gasteiger partial charge on any atom is 0.335 e. The molecule has 0 spiro atoms. The number of carboxylic acid groups (broad SMARTS) is 1. The molecule has 0 aliphatic heterocycles. The van der Waals surface area contributed by atoms with E-state index >= 15 is 0 Å². The van der Waals surface area contributed by atoms with Gasteiger partial charge < -0.3 is 9.66 Å². The average Bonchev–Trinajstić information content (AvgIpc) is 3.26. The highest BCUT2D eigenvalue weighted by Crippen LogP contribution is 2.43. The van der Waals surface area contributed by atoms with Gasteiger partial charge >= 0.3 is 5.97 Å². The molecule has 1 aliphatic carbocycles. The second-order valence-corrected chi connectivity index (χ2v) is 10.7. The standard InChI is InChI=1S/C19H29NO3S/c1-18(2,3)15-11-13(9-10-14(15)17(21)22)16(12-7-8-12)20-24(23)19(4,5)6/h9-12,16,20H,7-8H2,1-6H3,(H,21,22)/t16-,24+/m0/s1. The molecule has 4 nitrogen and oxygen atoms in total. The molecule has 0 radical (unpaired) electrons. The maximum atomic E-state index is 12.5. The van der Waals surface area contributed by atoms with Crippen LogP contribution in [0.4, 0.5) is 0 Å². The Labute approximate surface area is 148 Å². The molecule has 1 aromatic carbocycles. The molecule has 0 saturated heterocycles. The topological polar surface area (TPSA) is 72.4 Å². The molecule has 1 fully saturated rings. The fourth-order valence-electron chi connectivity index (χ4n) is 2.72. The zero-order valence-corrected chi connectivity index (χ0v) is 16.3. The van der Waals surface area contributed by atoms with Crippen molar-refractivity contribution in [2.45, 2.75) is 70.6 Å². The third kappa shape index (κ3) is 4.52. The fourth-order valence-corrected chi connectivity index (χ4v) is 3.63. The van der Waals surface area contributed by atoms with Crippen molar-refractivity contribution < 1.29 is 14.5 Å². The number of aromatic carboxylic acids is 1. The number of hydrogen-bond acceptors (Lipinski definition) is 3. The Hall–Kier alpha value is -1.04. The van der Waals surface area contributed by atoms with Gasteiger partial charge in [0.15, 0.2) is 0 Å². The van der Waals surface area contributed by atoms with Crippen LogP contribution in [0, 0.1) is 5.92 Å². The maximum absolute atomic E-state index is 12.5. The molecular weight excluding hydrogens is 322 g/mol. The number of rotatable bonds is 5. The summed E-state index contributed by atoms with van der Waals surface area (Å²) in [5.74, 6) is -0.430. The minimum Gasteiger partial charge on any atom is -0.598 e. The fraction of sp³-hybridized carbons (Fsp3) is 0.632. The van der Waals surface area contributed by atoms with Gasteiger partial charge in [0.25, 0.3) is 0 Å². The largest absolute Gasteiger partial charge is 0.598 e. The van der Waals surface area contributed by atoms with Gasteiger partial charge in [-0.1, -0.05) is 32.9 Å². The summed E-state index contributed by atoms with van der Waals surface area (Å²) in [5, 5.41) is 9.47. The zero-order valence-electron chi connectivity index (χ0n) is 15.5. The first-order chi connectivity index (χ1) is 10.9. The van der Waals surface area contributed by atoms with Crippen molar-refractivity contribution in [1.29, 1.82) is 0 Å². The molecule has 2 N–H and O–H groups in total. The molecule has 2 rings (SSSR count). The first-order valence-electron chi connectivity index (χ1n) is 8.47.